The molecule has 0 aliphatic heterocycles. The number of benzene rings is 2. The van der Waals surface area contributed by atoms with Gasteiger partial charge in [0.15, 0.2) is 0 Å². The van der Waals surface area contributed by atoms with E-state index < -0.39 is 28.5 Å². The van der Waals surface area contributed by atoms with Crippen LogP contribution in [0.1, 0.15) is 55.7 Å². The van der Waals surface area contributed by atoms with Crippen LogP contribution >= 0.6 is 0 Å². The van der Waals surface area contributed by atoms with Crippen molar-refractivity contribution in [3.05, 3.63) is 59.2 Å². The summed E-state index contributed by atoms with van der Waals surface area (Å²) >= 11 is 0. The number of carbonyl (C=O) groups is 2. The summed E-state index contributed by atoms with van der Waals surface area (Å²) in [5.41, 5.74) is 2.90. The maximum atomic E-state index is 13.8. The van der Waals surface area contributed by atoms with Crippen LogP contribution in [0.3, 0.4) is 0 Å². The first-order valence-corrected chi connectivity index (χ1v) is 14.6. The van der Waals surface area contributed by atoms with E-state index in [9.17, 15) is 18.0 Å². The van der Waals surface area contributed by atoms with E-state index in [0.29, 0.717) is 11.4 Å². The zero-order chi connectivity index (χ0) is 27.2. The van der Waals surface area contributed by atoms with E-state index >= 15 is 0 Å². The minimum atomic E-state index is -3.77. The van der Waals surface area contributed by atoms with Crippen molar-refractivity contribution in [3.63, 3.8) is 0 Å². The van der Waals surface area contributed by atoms with Gasteiger partial charge in [-0.1, -0.05) is 43.5 Å². The van der Waals surface area contributed by atoms with Crippen molar-refractivity contribution in [2.75, 3.05) is 24.2 Å². The van der Waals surface area contributed by atoms with Crippen molar-refractivity contribution >= 4 is 27.5 Å². The first-order valence-electron chi connectivity index (χ1n) is 12.8. The second kappa shape index (κ2) is 12.4. The van der Waals surface area contributed by atoms with Crippen molar-refractivity contribution in [1.82, 2.24) is 10.2 Å². The van der Waals surface area contributed by atoms with Crippen LogP contribution < -0.4 is 14.4 Å². The molecule has 202 valence electrons. The number of aryl methyl sites for hydroxylation is 2. The normalized spacial score (nSPS) is 15.1. The Labute approximate surface area is 221 Å². The van der Waals surface area contributed by atoms with E-state index in [0.717, 1.165) is 52.9 Å². The summed E-state index contributed by atoms with van der Waals surface area (Å²) in [6.07, 6.45) is 6.28. The van der Waals surface area contributed by atoms with Crippen molar-refractivity contribution in [1.29, 1.82) is 0 Å². The first-order chi connectivity index (χ1) is 17.5. The average Bonchev–Trinajstić information content (AvgIpc) is 2.87. The van der Waals surface area contributed by atoms with Crippen molar-refractivity contribution in [2.45, 2.75) is 71.5 Å². The van der Waals surface area contributed by atoms with Gasteiger partial charge in [-0.3, -0.25) is 13.9 Å². The van der Waals surface area contributed by atoms with Crippen LogP contribution in [-0.2, 0) is 26.2 Å². The maximum absolute atomic E-state index is 13.8. The summed E-state index contributed by atoms with van der Waals surface area (Å²) in [4.78, 5) is 28.5. The number of rotatable bonds is 10. The van der Waals surface area contributed by atoms with Gasteiger partial charge in [-0.2, -0.15) is 0 Å². The predicted molar refractivity (Wildman–Crippen MR) is 146 cm³/mol. The summed E-state index contributed by atoms with van der Waals surface area (Å²) in [6, 6.07) is 12.1. The Morgan fingerprint density at radius 1 is 1.05 bits per heavy atom. The van der Waals surface area contributed by atoms with Gasteiger partial charge in [0.25, 0.3) is 0 Å². The van der Waals surface area contributed by atoms with Gasteiger partial charge in [0.1, 0.15) is 18.3 Å². The number of sulfonamides is 1. The van der Waals surface area contributed by atoms with E-state index in [2.05, 4.69) is 5.32 Å². The summed E-state index contributed by atoms with van der Waals surface area (Å²) in [5.74, 6) is 0.00253. The highest BCUT2D eigenvalue weighted by molar-refractivity contribution is 7.92. The molecule has 1 aliphatic rings. The molecule has 3 rings (SSSR count). The zero-order valence-corrected chi connectivity index (χ0v) is 23.3. The largest absolute Gasteiger partial charge is 0.497 e. The second-order valence-corrected chi connectivity index (χ2v) is 11.9. The number of hydrogen-bond donors (Lipinski definition) is 1. The molecule has 0 radical (unpaired) electrons. The number of methoxy groups -OCH3 is 1. The first kappa shape index (κ1) is 28.5. The number of anilines is 1. The fraction of sp³-hybridized carbons (Fsp3) is 0.500. The number of amides is 2. The molecule has 8 nitrogen and oxygen atoms in total. The van der Waals surface area contributed by atoms with Crippen LogP contribution in [0, 0.1) is 13.8 Å². The highest BCUT2D eigenvalue weighted by atomic mass is 32.2. The van der Waals surface area contributed by atoms with E-state index in [4.69, 9.17) is 4.74 Å². The quantitative estimate of drug-likeness (QED) is 0.503. The number of carbonyl (C=O) groups excluding carboxylic acids is 2. The molecule has 2 aromatic carbocycles. The third-order valence-corrected chi connectivity index (χ3v) is 8.07. The average molecular weight is 530 g/mol. The SMILES string of the molecule is COc1ccc(CN(C(=O)CN(c2cc(C)ccc2C)S(C)(=O)=O)[C@@H](C)C(=O)NC2CCCCC2)cc1. The molecule has 0 bridgehead atoms. The molecule has 9 heteroatoms. The standard InChI is InChI=1S/C28H39N3O5S/c1-20-11-12-21(2)26(17-20)31(37(5,34)35)19-27(32)30(18-23-13-15-25(36-4)16-14-23)22(3)28(33)29-24-9-7-6-8-10-24/h11-17,22,24H,6-10,18-19H2,1-5H3,(H,29,33)/t22-/m0/s1. The predicted octanol–water partition coefficient (Wildman–Crippen LogP) is 3.94. The molecule has 1 atom stereocenters. The van der Waals surface area contributed by atoms with E-state index in [1.165, 1.54) is 11.3 Å². The Morgan fingerprint density at radius 2 is 1.70 bits per heavy atom. The lowest BCUT2D eigenvalue weighted by atomic mass is 9.95. The van der Waals surface area contributed by atoms with Gasteiger partial charge in [0.2, 0.25) is 21.8 Å². The second-order valence-electron chi connectivity index (χ2n) is 9.95. The van der Waals surface area contributed by atoms with E-state index in [1.54, 1.807) is 32.2 Å². The van der Waals surface area contributed by atoms with Gasteiger partial charge < -0.3 is 15.0 Å². The van der Waals surface area contributed by atoms with Crippen molar-refractivity contribution in [3.8, 4) is 5.75 Å². The third kappa shape index (κ3) is 7.71. The van der Waals surface area contributed by atoms with Crippen LogP contribution in [0.15, 0.2) is 42.5 Å². The molecule has 1 fully saturated rings. The Balaban J connectivity index is 1.90. The van der Waals surface area contributed by atoms with Gasteiger partial charge in [0.05, 0.1) is 19.1 Å². The lowest BCUT2D eigenvalue weighted by molar-refractivity contribution is -0.139. The lowest BCUT2D eigenvalue weighted by Crippen LogP contribution is -2.53. The summed E-state index contributed by atoms with van der Waals surface area (Å²) < 4.78 is 32.0. The smallest absolute Gasteiger partial charge is 0.244 e. The Morgan fingerprint density at radius 3 is 2.30 bits per heavy atom. The summed E-state index contributed by atoms with van der Waals surface area (Å²) in [7, 11) is -2.19. The Hall–Kier alpha value is -3.07. The van der Waals surface area contributed by atoms with Gasteiger partial charge in [-0.15, -0.1) is 0 Å². The molecule has 37 heavy (non-hydrogen) atoms. The summed E-state index contributed by atoms with van der Waals surface area (Å²) in [6.45, 7) is 5.14. The van der Waals surface area contributed by atoms with Gasteiger partial charge in [0, 0.05) is 12.6 Å². The Kier molecular flexibility index (Phi) is 9.59. The van der Waals surface area contributed by atoms with Crippen molar-refractivity contribution < 1.29 is 22.7 Å². The number of nitrogens with one attached hydrogen (secondary N) is 1. The number of nitrogens with zero attached hydrogens (tertiary/aromatic N) is 2. The molecule has 2 amide bonds. The zero-order valence-electron chi connectivity index (χ0n) is 22.5. The topological polar surface area (TPSA) is 96.0 Å². The van der Waals surface area contributed by atoms with Gasteiger partial charge >= 0.3 is 0 Å². The Bertz CT molecular complexity index is 1190. The van der Waals surface area contributed by atoms with E-state index in [1.807, 2.05) is 38.1 Å². The molecule has 0 spiro atoms. The van der Waals surface area contributed by atoms with Crippen LogP contribution in [0.2, 0.25) is 0 Å². The molecule has 1 aliphatic carbocycles. The van der Waals surface area contributed by atoms with Crippen molar-refractivity contribution in [2.24, 2.45) is 0 Å². The monoisotopic (exact) mass is 529 g/mol. The lowest BCUT2D eigenvalue weighted by Gasteiger charge is -2.33. The van der Waals surface area contributed by atoms with Gasteiger partial charge in [-0.25, -0.2) is 8.42 Å². The minimum Gasteiger partial charge on any atom is -0.497 e. The van der Waals surface area contributed by atoms with Crippen LogP contribution in [0.5, 0.6) is 5.75 Å². The maximum Gasteiger partial charge on any atom is 0.244 e. The molecule has 2 aromatic rings. The van der Waals surface area contributed by atoms with Crippen LogP contribution in [0.25, 0.3) is 0 Å². The molecule has 0 aromatic heterocycles. The molecule has 0 unspecified atom stereocenters. The van der Waals surface area contributed by atoms with E-state index in [-0.39, 0.29) is 18.5 Å². The molecular weight excluding hydrogens is 490 g/mol. The molecule has 1 saturated carbocycles. The highest BCUT2D eigenvalue weighted by Gasteiger charge is 2.31. The molecular formula is C28H39N3O5S. The number of ether oxygens (including phenoxy) is 1. The number of hydrogen-bond acceptors (Lipinski definition) is 5. The molecule has 0 heterocycles. The third-order valence-electron chi connectivity index (χ3n) is 6.94. The molecule has 1 N–H and O–H groups in total. The minimum absolute atomic E-state index is 0.101. The van der Waals surface area contributed by atoms with Gasteiger partial charge in [-0.05, 0) is 68.5 Å². The van der Waals surface area contributed by atoms with Crippen LogP contribution in [0.4, 0.5) is 5.69 Å². The fourth-order valence-electron chi connectivity index (χ4n) is 4.66. The summed E-state index contributed by atoms with van der Waals surface area (Å²) in [5, 5.41) is 3.11. The highest BCUT2D eigenvalue weighted by Crippen LogP contribution is 2.25. The fourth-order valence-corrected chi connectivity index (χ4v) is 5.56. The molecule has 0 saturated heterocycles. The van der Waals surface area contributed by atoms with Crippen LogP contribution in [-0.4, -0.2) is 57.1 Å².